The Labute approximate surface area is 135 Å². The molecule has 130 valence electrons. The van der Waals surface area contributed by atoms with Crippen LogP contribution in [0.3, 0.4) is 0 Å². The summed E-state index contributed by atoms with van der Waals surface area (Å²) in [7, 11) is -2.98. The maximum Gasteiger partial charge on any atom is 0.148 e. The molecule has 0 unspecified atom stereocenters. The predicted molar refractivity (Wildman–Crippen MR) is 83.9 cm³/mol. The number of rotatable bonds is 6. The SMILES string of the molecule is CS(=O)(=O)CCN1CCN(C[C@@H](O)c2c(F)cccc2F)CC1. The van der Waals surface area contributed by atoms with Gasteiger partial charge in [0.15, 0.2) is 0 Å². The Hall–Kier alpha value is -1.09. The lowest BCUT2D eigenvalue weighted by atomic mass is 10.1. The third-order valence-electron chi connectivity index (χ3n) is 4.01. The Morgan fingerprint density at radius 3 is 2.17 bits per heavy atom. The number of piperazine rings is 1. The van der Waals surface area contributed by atoms with E-state index in [1.807, 2.05) is 9.80 Å². The molecule has 0 radical (unpaired) electrons. The zero-order valence-corrected chi connectivity index (χ0v) is 13.9. The van der Waals surface area contributed by atoms with E-state index in [0.717, 1.165) is 12.1 Å². The number of aliphatic hydroxyl groups excluding tert-OH is 1. The lowest BCUT2D eigenvalue weighted by Crippen LogP contribution is -2.48. The molecule has 8 heteroatoms. The lowest BCUT2D eigenvalue weighted by molar-refractivity contribution is 0.0710. The second-order valence-electron chi connectivity index (χ2n) is 5.92. The average Bonchev–Trinajstić information content (AvgIpc) is 2.45. The van der Waals surface area contributed by atoms with Crippen molar-refractivity contribution >= 4 is 9.84 Å². The van der Waals surface area contributed by atoms with Crippen molar-refractivity contribution < 1.29 is 22.3 Å². The maximum atomic E-state index is 13.6. The number of sulfone groups is 1. The summed E-state index contributed by atoms with van der Waals surface area (Å²) >= 11 is 0. The van der Waals surface area contributed by atoms with E-state index in [4.69, 9.17) is 0 Å². The molecule has 0 aliphatic carbocycles. The summed E-state index contributed by atoms with van der Waals surface area (Å²) in [4.78, 5) is 3.96. The summed E-state index contributed by atoms with van der Waals surface area (Å²) in [6.07, 6.45) is -0.0125. The van der Waals surface area contributed by atoms with Crippen LogP contribution in [0.5, 0.6) is 0 Å². The van der Waals surface area contributed by atoms with Gasteiger partial charge in [0.05, 0.1) is 17.4 Å². The van der Waals surface area contributed by atoms with Gasteiger partial charge in [-0.1, -0.05) is 6.07 Å². The van der Waals surface area contributed by atoms with Crippen LogP contribution in [0.25, 0.3) is 0 Å². The van der Waals surface area contributed by atoms with Gasteiger partial charge in [-0.05, 0) is 12.1 Å². The normalized spacial score (nSPS) is 19.0. The molecule has 0 amide bonds. The van der Waals surface area contributed by atoms with Gasteiger partial charge in [-0.2, -0.15) is 0 Å². The number of aliphatic hydroxyl groups is 1. The molecule has 1 aromatic rings. The number of hydrogen-bond acceptors (Lipinski definition) is 5. The lowest BCUT2D eigenvalue weighted by Gasteiger charge is -2.35. The molecule has 0 bridgehead atoms. The highest BCUT2D eigenvalue weighted by Crippen LogP contribution is 2.22. The first-order chi connectivity index (χ1) is 10.8. The van der Waals surface area contributed by atoms with E-state index in [-0.39, 0.29) is 17.9 Å². The molecule has 0 spiro atoms. The summed E-state index contributed by atoms with van der Waals surface area (Å²) in [5.41, 5.74) is -0.299. The summed E-state index contributed by atoms with van der Waals surface area (Å²) in [5, 5.41) is 10.1. The van der Waals surface area contributed by atoms with Gasteiger partial charge >= 0.3 is 0 Å². The summed E-state index contributed by atoms with van der Waals surface area (Å²) in [6, 6.07) is 3.52. The molecular weight excluding hydrogens is 326 g/mol. The predicted octanol–water partition coefficient (Wildman–Crippen LogP) is 0.660. The minimum absolute atomic E-state index is 0.121. The van der Waals surface area contributed by atoms with Crippen LogP contribution in [0.1, 0.15) is 11.7 Å². The van der Waals surface area contributed by atoms with Crippen molar-refractivity contribution in [1.82, 2.24) is 9.80 Å². The van der Waals surface area contributed by atoms with Crippen LogP contribution in [0.2, 0.25) is 0 Å². The second kappa shape index (κ2) is 7.65. The molecule has 0 saturated carbocycles. The quantitative estimate of drug-likeness (QED) is 0.818. The van der Waals surface area contributed by atoms with Gasteiger partial charge in [0.1, 0.15) is 21.5 Å². The van der Waals surface area contributed by atoms with Crippen molar-refractivity contribution in [3.63, 3.8) is 0 Å². The van der Waals surface area contributed by atoms with E-state index in [1.165, 1.54) is 12.3 Å². The van der Waals surface area contributed by atoms with Crippen LogP contribution in [-0.2, 0) is 9.84 Å². The topological polar surface area (TPSA) is 60.9 Å². The Morgan fingerprint density at radius 1 is 1.13 bits per heavy atom. The number of nitrogens with zero attached hydrogens (tertiary/aromatic N) is 2. The van der Waals surface area contributed by atoms with Crippen molar-refractivity contribution in [1.29, 1.82) is 0 Å². The molecule has 5 nitrogen and oxygen atoms in total. The molecule has 2 rings (SSSR count). The first kappa shape index (κ1) is 18.3. The zero-order valence-electron chi connectivity index (χ0n) is 13.1. The molecular formula is C15H22F2N2O3S. The van der Waals surface area contributed by atoms with Crippen LogP contribution in [-0.4, -0.2) is 74.6 Å². The van der Waals surface area contributed by atoms with E-state index >= 15 is 0 Å². The fourth-order valence-corrected chi connectivity index (χ4v) is 3.25. The second-order valence-corrected chi connectivity index (χ2v) is 8.18. The average molecular weight is 348 g/mol. The van der Waals surface area contributed by atoms with Gasteiger partial charge in [-0.25, -0.2) is 17.2 Å². The minimum Gasteiger partial charge on any atom is -0.387 e. The largest absolute Gasteiger partial charge is 0.387 e. The van der Waals surface area contributed by atoms with Crippen molar-refractivity contribution in [2.45, 2.75) is 6.10 Å². The smallest absolute Gasteiger partial charge is 0.148 e. The van der Waals surface area contributed by atoms with Gasteiger partial charge in [-0.3, -0.25) is 9.80 Å². The summed E-state index contributed by atoms with van der Waals surface area (Å²) < 4.78 is 49.6. The third-order valence-corrected chi connectivity index (χ3v) is 4.93. The molecule has 1 atom stereocenters. The monoisotopic (exact) mass is 348 g/mol. The zero-order chi connectivity index (χ0) is 17.0. The molecule has 1 aliphatic heterocycles. The number of halogens is 2. The molecule has 1 heterocycles. The minimum atomic E-state index is -2.98. The van der Waals surface area contributed by atoms with Crippen molar-refractivity contribution in [2.24, 2.45) is 0 Å². The van der Waals surface area contributed by atoms with Crippen molar-refractivity contribution in [2.75, 3.05) is 51.3 Å². The number of benzene rings is 1. The van der Waals surface area contributed by atoms with Crippen LogP contribution in [0, 0.1) is 11.6 Å². The van der Waals surface area contributed by atoms with Crippen LogP contribution < -0.4 is 0 Å². The first-order valence-corrected chi connectivity index (χ1v) is 9.57. The van der Waals surface area contributed by atoms with E-state index in [2.05, 4.69) is 0 Å². The van der Waals surface area contributed by atoms with Crippen LogP contribution in [0.4, 0.5) is 8.78 Å². The standard InChI is InChI=1S/C15H22F2N2O3S/c1-23(21,22)10-9-18-5-7-19(8-6-18)11-14(20)15-12(16)3-2-4-13(15)17/h2-4,14,20H,5-11H2,1H3/t14-/m1/s1. The highest BCUT2D eigenvalue weighted by molar-refractivity contribution is 7.90. The molecule has 0 aromatic heterocycles. The highest BCUT2D eigenvalue weighted by atomic mass is 32.2. The molecule has 1 aromatic carbocycles. The van der Waals surface area contributed by atoms with Crippen LogP contribution in [0.15, 0.2) is 18.2 Å². The molecule has 23 heavy (non-hydrogen) atoms. The Balaban J connectivity index is 1.84. The third kappa shape index (κ3) is 5.49. The Morgan fingerprint density at radius 2 is 1.65 bits per heavy atom. The molecule has 1 N–H and O–H groups in total. The number of β-amino-alcohol motifs (C(OH)–C–C–N with tert-alkyl or cyclic N) is 1. The maximum absolute atomic E-state index is 13.6. The van der Waals surface area contributed by atoms with Gasteiger partial charge in [0, 0.05) is 45.5 Å². The van der Waals surface area contributed by atoms with E-state index in [9.17, 15) is 22.3 Å². The molecule has 1 aliphatic rings. The summed E-state index contributed by atoms with van der Waals surface area (Å²) in [6.45, 7) is 3.21. The van der Waals surface area contributed by atoms with Crippen LogP contribution >= 0.6 is 0 Å². The number of hydrogen-bond donors (Lipinski definition) is 1. The Kier molecular flexibility index (Phi) is 6.07. The molecule has 1 saturated heterocycles. The van der Waals surface area contributed by atoms with Gasteiger partial charge < -0.3 is 5.11 Å². The molecule has 1 fully saturated rings. The highest BCUT2D eigenvalue weighted by Gasteiger charge is 2.23. The fraction of sp³-hybridized carbons (Fsp3) is 0.600. The first-order valence-electron chi connectivity index (χ1n) is 7.50. The summed E-state index contributed by atoms with van der Waals surface area (Å²) in [5.74, 6) is -1.37. The van der Waals surface area contributed by atoms with Crippen molar-refractivity contribution in [3.05, 3.63) is 35.4 Å². The Bertz CT molecular complexity index is 611. The van der Waals surface area contributed by atoms with Gasteiger partial charge in [0.25, 0.3) is 0 Å². The van der Waals surface area contributed by atoms with E-state index < -0.39 is 27.6 Å². The fourth-order valence-electron chi connectivity index (χ4n) is 2.66. The van der Waals surface area contributed by atoms with Crippen molar-refractivity contribution in [3.8, 4) is 0 Å². The van der Waals surface area contributed by atoms with Gasteiger partial charge in [0.2, 0.25) is 0 Å². The van der Waals surface area contributed by atoms with E-state index in [1.54, 1.807) is 0 Å². The van der Waals surface area contributed by atoms with Gasteiger partial charge in [-0.15, -0.1) is 0 Å². The van der Waals surface area contributed by atoms with E-state index in [0.29, 0.717) is 32.7 Å².